The number of hydrogen-bond acceptors (Lipinski definition) is 4. The van der Waals surface area contributed by atoms with Gasteiger partial charge in [0.1, 0.15) is 6.04 Å². The number of hydrogen-bond donors (Lipinski definition) is 5. The molecule has 102 valence electrons. The molecule has 4 unspecified atom stereocenters. The van der Waals surface area contributed by atoms with Crippen molar-refractivity contribution < 1.29 is 24.6 Å². The molecule has 1 saturated carbocycles. The number of nitrogens with two attached hydrogens (primary N) is 1. The van der Waals surface area contributed by atoms with Gasteiger partial charge in [0, 0.05) is 19.0 Å². The summed E-state index contributed by atoms with van der Waals surface area (Å²) in [6.07, 6.45) is 0. The zero-order valence-electron chi connectivity index (χ0n) is 9.92. The van der Waals surface area contributed by atoms with Gasteiger partial charge >= 0.3 is 18.0 Å². The Balaban J connectivity index is 2.52. The number of carboxylic acid groups (broad SMARTS) is 2. The normalized spacial score (nSPS) is 27.1. The lowest BCUT2D eigenvalue weighted by atomic mass is 10.1. The molecule has 1 rings (SSSR count). The summed E-state index contributed by atoms with van der Waals surface area (Å²) in [5, 5.41) is 22.7. The molecule has 0 spiro atoms. The van der Waals surface area contributed by atoms with Crippen molar-refractivity contribution in [1.82, 2.24) is 10.6 Å². The summed E-state index contributed by atoms with van der Waals surface area (Å²) in [6.45, 7) is 2.31. The second-order valence-corrected chi connectivity index (χ2v) is 4.21. The van der Waals surface area contributed by atoms with Gasteiger partial charge in [-0.15, -0.1) is 0 Å². The summed E-state index contributed by atoms with van der Waals surface area (Å²) >= 11 is 0. The van der Waals surface area contributed by atoms with Crippen LogP contribution in [0.5, 0.6) is 0 Å². The third kappa shape index (κ3) is 3.10. The van der Waals surface area contributed by atoms with E-state index < -0.39 is 41.8 Å². The van der Waals surface area contributed by atoms with Crippen molar-refractivity contribution in [3.8, 4) is 0 Å². The number of urea groups is 1. The van der Waals surface area contributed by atoms with Crippen molar-refractivity contribution in [3.05, 3.63) is 0 Å². The lowest BCUT2D eigenvalue weighted by Gasteiger charge is -2.06. The molecule has 0 bridgehead atoms. The Morgan fingerprint density at radius 3 is 2.33 bits per heavy atom. The van der Waals surface area contributed by atoms with Crippen molar-refractivity contribution in [3.63, 3.8) is 0 Å². The zero-order chi connectivity index (χ0) is 13.9. The van der Waals surface area contributed by atoms with Gasteiger partial charge in [-0.25, -0.2) is 4.79 Å². The Labute approximate surface area is 104 Å². The Kier molecular flexibility index (Phi) is 4.49. The van der Waals surface area contributed by atoms with Gasteiger partial charge in [0.15, 0.2) is 0 Å². The van der Waals surface area contributed by atoms with Gasteiger partial charge in [0.05, 0.1) is 5.92 Å². The number of carboxylic acids is 2. The molecule has 0 aromatic heterocycles. The molecule has 6 N–H and O–H groups in total. The Morgan fingerprint density at radius 2 is 1.89 bits per heavy atom. The van der Waals surface area contributed by atoms with E-state index in [0.29, 0.717) is 6.54 Å². The molecule has 2 amide bonds. The van der Waals surface area contributed by atoms with Crippen molar-refractivity contribution in [1.29, 1.82) is 0 Å². The number of amides is 2. The van der Waals surface area contributed by atoms with Crippen molar-refractivity contribution >= 4 is 18.0 Å². The fourth-order valence-electron chi connectivity index (χ4n) is 2.10. The first-order chi connectivity index (χ1) is 8.40. The standard InChI is InChI=1S/C10H17N3O5/c1-2-12-10(18)13-3-4-5(6(4)8(14)15)7(11)9(16)17/h4-7H,2-3,11H2,1H3,(H,14,15)(H,16,17)(H2,12,13,18). The molecular weight excluding hydrogens is 242 g/mol. The summed E-state index contributed by atoms with van der Waals surface area (Å²) in [7, 11) is 0. The lowest BCUT2D eigenvalue weighted by molar-refractivity contribution is -0.140. The van der Waals surface area contributed by atoms with E-state index in [2.05, 4.69) is 10.6 Å². The predicted octanol–water partition coefficient (Wildman–Crippen LogP) is -1.34. The summed E-state index contributed by atoms with van der Waals surface area (Å²) in [4.78, 5) is 32.8. The SMILES string of the molecule is CCNC(=O)NCC1C(C(=O)O)C1C(N)C(=O)O. The number of carbonyl (C=O) groups excluding carboxylic acids is 1. The molecular formula is C10H17N3O5. The zero-order valence-corrected chi connectivity index (χ0v) is 9.92. The van der Waals surface area contributed by atoms with Crippen LogP contribution in [0.1, 0.15) is 6.92 Å². The second-order valence-electron chi connectivity index (χ2n) is 4.21. The van der Waals surface area contributed by atoms with Crippen molar-refractivity contribution in [2.75, 3.05) is 13.1 Å². The highest BCUT2D eigenvalue weighted by atomic mass is 16.4. The Morgan fingerprint density at radius 1 is 1.28 bits per heavy atom. The van der Waals surface area contributed by atoms with E-state index in [1.807, 2.05) is 0 Å². The average molecular weight is 259 g/mol. The van der Waals surface area contributed by atoms with E-state index in [1.165, 1.54) is 0 Å². The first-order valence-corrected chi connectivity index (χ1v) is 5.63. The van der Waals surface area contributed by atoms with Crippen molar-refractivity contribution in [2.45, 2.75) is 13.0 Å². The maximum absolute atomic E-state index is 11.1. The third-order valence-electron chi connectivity index (χ3n) is 3.05. The summed E-state index contributed by atoms with van der Waals surface area (Å²) in [6, 6.07) is -1.62. The first kappa shape index (κ1) is 14.2. The van der Waals surface area contributed by atoms with Crippen molar-refractivity contribution in [2.24, 2.45) is 23.5 Å². The van der Waals surface area contributed by atoms with E-state index >= 15 is 0 Å². The predicted molar refractivity (Wildman–Crippen MR) is 60.8 cm³/mol. The molecule has 0 radical (unpaired) electrons. The minimum atomic E-state index is -1.23. The van der Waals surface area contributed by atoms with Crippen LogP contribution in [-0.4, -0.2) is 47.3 Å². The van der Waals surface area contributed by atoms with Gasteiger partial charge in [-0.05, 0) is 12.8 Å². The lowest BCUT2D eigenvalue weighted by Crippen LogP contribution is -2.38. The van der Waals surface area contributed by atoms with Crippen LogP contribution >= 0.6 is 0 Å². The first-order valence-electron chi connectivity index (χ1n) is 5.63. The van der Waals surface area contributed by atoms with E-state index in [4.69, 9.17) is 15.9 Å². The largest absolute Gasteiger partial charge is 0.481 e. The molecule has 1 aliphatic carbocycles. The number of carbonyl (C=O) groups is 3. The minimum Gasteiger partial charge on any atom is -0.481 e. The Bertz CT molecular complexity index is 359. The molecule has 8 nitrogen and oxygen atoms in total. The van der Waals surface area contributed by atoms with Gasteiger partial charge < -0.3 is 26.6 Å². The fourth-order valence-corrected chi connectivity index (χ4v) is 2.10. The highest BCUT2D eigenvalue weighted by molar-refractivity contribution is 5.80. The molecule has 1 aliphatic rings. The molecule has 0 saturated heterocycles. The van der Waals surface area contributed by atoms with Gasteiger partial charge in [-0.3, -0.25) is 9.59 Å². The monoisotopic (exact) mass is 259 g/mol. The van der Waals surface area contributed by atoms with Gasteiger partial charge in [-0.1, -0.05) is 0 Å². The fraction of sp³-hybridized carbons (Fsp3) is 0.700. The molecule has 8 heteroatoms. The van der Waals surface area contributed by atoms with Crippen LogP contribution in [-0.2, 0) is 9.59 Å². The maximum Gasteiger partial charge on any atom is 0.320 e. The van der Waals surface area contributed by atoms with Crippen LogP contribution < -0.4 is 16.4 Å². The van der Waals surface area contributed by atoms with E-state index in [-0.39, 0.29) is 6.54 Å². The van der Waals surface area contributed by atoms with Crippen LogP contribution in [0.25, 0.3) is 0 Å². The molecule has 4 atom stereocenters. The summed E-state index contributed by atoms with van der Waals surface area (Å²) in [5.74, 6) is -4.19. The van der Waals surface area contributed by atoms with Gasteiger partial charge in [0.2, 0.25) is 0 Å². The van der Waals surface area contributed by atoms with E-state index in [9.17, 15) is 14.4 Å². The second kappa shape index (κ2) is 5.67. The molecule has 1 fully saturated rings. The molecule has 0 aromatic carbocycles. The Hall–Kier alpha value is -1.83. The maximum atomic E-state index is 11.1. The molecule has 0 heterocycles. The summed E-state index contributed by atoms with van der Waals surface area (Å²) < 4.78 is 0. The molecule has 18 heavy (non-hydrogen) atoms. The van der Waals surface area contributed by atoms with Gasteiger partial charge in [-0.2, -0.15) is 0 Å². The molecule has 0 aliphatic heterocycles. The summed E-state index contributed by atoms with van der Waals surface area (Å²) in [5.41, 5.74) is 5.41. The van der Waals surface area contributed by atoms with Crippen LogP contribution in [0.15, 0.2) is 0 Å². The van der Waals surface area contributed by atoms with E-state index in [0.717, 1.165) is 0 Å². The van der Waals surface area contributed by atoms with E-state index in [1.54, 1.807) is 6.92 Å². The quantitative estimate of drug-likeness (QED) is 0.400. The van der Waals surface area contributed by atoms with Crippen LogP contribution in [0, 0.1) is 17.8 Å². The number of aliphatic carboxylic acids is 2. The van der Waals surface area contributed by atoms with Crippen LogP contribution in [0.4, 0.5) is 4.79 Å². The minimum absolute atomic E-state index is 0.106. The van der Waals surface area contributed by atoms with Crippen LogP contribution in [0.2, 0.25) is 0 Å². The topological polar surface area (TPSA) is 142 Å². The average Bonchev–Trinajstić information content (AvgIpc) is 2.99. The number of nitrogens with one attached hydrogen (secondary N) is 2. The highest BCUT2D eigenvalue weighted by Crippen LogP contribution is 2.47. The van der Waals surface area contributed by atoms with Crippen LogP contribution in [0.3, 0.4) is 0 Å². The smallest absolute Gasteiger partial charge is 0.320 e. The molecule has 0 aromatic rings. The highest BCUT2D eigenvalue weighted by Gasteiger charge is 2.59. The number of rotatable bonds is 6. The van der Waals surface area contributed by atoms with Gasteiger partial charge in [0.25, 0.3) is 0 Å². The third-order valence-corrected chi connectivity index (χ3v) is 3.05.